The number of fused-ring (bicyclic) bond motifs is 1. The fourth-order valence-corrected chi connectivity index (χ4v) is 1.18. The van der Waals surface area contributed by atoms with E-state index in [0.717, 1.165) is 10.8 Å². The molecule has 1 heteroatoms. The Labute approximate surface area is 78.6 Å². The van der Waals surface area contributed by atoms with Crippen molar-refractivity contribution in [1.29, 1.82) is 0 Å². The molecule has 0 fully saturated rings. The van der Waals surface area contributed by atoms with Gasteiger partial charge in [-0.05, 0) is 22.9 Å². The standard InChI is InChI=1S/C10H8O.C2H6/c11-10-6-5-8-3-1-2-4-9(8)7-10;1-2/h1-7,11H;1-2H3. The number of phenolic OH excluding ortho intramolecular Hbond substituents is 1. The van der Waals surface area contributed by atoms with E-state index in [-0.39, 0.29) is 0 Å². The highest BCUT2D eigenvalue weighted by Gasteiger charge is 1.91. The van der Waals surface area contributed by atoms with Crippen molar-refractivity contribution in [3.63, 3.8) is 0 Å². The first-order chi connectivity index (χ1) is 6.36. The van der Waals surface area contributed by atoms with Crippen LogP contribution in [-0.4, -0.2) is 5.11 Å². The van der Waals surface area contributed by atoms with E-state index in [4.69, 9.17) is 5.11 Å². The lowest BCUT2D eigenvalue weighted by Gasteiger charge is -1.96. The summed E-state index contributed by atoms with van der Waals surface area (Å²) in [5, 5.41) is 11.4. The van der Waals surface area contributed by atoms with Crippen molar-refractivity contribution in [2.24, 2.45) is 0 Å². The number of hydrogen-bond donors (Lipinski definition) is 1. The third-order valence-corrected chi connectivity index (χ3v) is 1.73. The highest BCUT2D eigenvalue weighted by atomic mass is 16.3. The molecule has 0 bridgehead atoms. The van der Waals surface area contributed by atoms with Gasteiger partial charge in [0, 0.05) is 0 Å². The summed E-state index contributed by atoms with van der Waals surface area (Å²) in [5.41, 5.74) is 0. The van der Waals surface area contributed by atoms with Gasteiger partial charge in [0.25, 0.3) is 0 Å². The van der Waals surface area contributed by atoms with Crippen LogP contribution in [0.2, 0.25) is 0 Å². The van der Waals surface area contributed by atoms with Crippen molar-refractivity contribution >= 4 is 10.8 Å². The first kappa shape index (κ1) is 9.59. The second-order valence-corrected chi connectivity index (χ2v) is 2.53. The van der Waals surface area contributed by atoms with Crippen LogP contribution in [0.15, 0.2) is 42.5 Å². The molecule has 0 heterocycles. The maximum absolute atomic E-state index is 9.13. The highest BCUT2D eigenvalue weighted by molar-refractivity contribution is 5.83. The van der Waals surface area contributed by atoms with E-state index < -0.39 is 0 Å². The molecule has 0 saturated carbocycles. The summed E-state index contributed by atoms with van der Waals surface area (Å²) in [4.78, 5) is 0. The number of aromatic hydroxyl groups is 1. The van der Waals surface area contributed by atoms with Crippen molar-refractivity contribution in [2.45, 2.75) is 13.8 Å². The molecule has 0 atom stereocenters. The SMILES string of the molecule is CC.Oc1ccc2ccccc2c1. The Kier molecular flexibility index (Phi) is 3.32. The van der Waals surface area contributed by atoms with E-state index in [2.05, 4.69) is 0 Å². The van der Waals surface area contributed by atoms with Gasteiger partial charge in [-0.15, -0.1) is 0 Å². The summed E-state index contributed by atoms with van der Waals surface area (Å²) in [7, 11) is 0. The van der Waals surface area contributed by atoms with E-state index >= 15 is 0 Å². The van der Waals surface area contributed by atoms with Gasteiger partial charge in [0.1, 0.15) is 5.75 Å². The van der Waals surface area contributed by atoms with Gasteiger partial charge >= 0.3 is 0 Å². The highest BCUT2D eigenvalue weighted by Crippen LogP contribution is 2.18. The topological polar surface area (TPSA) is 20.2 Å². The molecule has 0 amide bonds. The second kappa shape index (κ2) is 4.51. The molecule has 68 valence electrons. The first-order valence-corrected chi connectivity index (χ1v) is 4.54. The number of phenols is 1. The number of rotatable bonds is 0. The fraction of sp³-hybridized carbons (Fsp3) is 0.167. The molecule has 13 heavy (non-hydrogen) atoms. The molecule has 0 aliphatic carbocycles. The summed E-state index contributed by atoms with van der Waals surface area (Å²) in [6, 6.07) is 13.3. The molecular formula is C12H14O. The summed E-state index contributed by atoms with van der Waals surface area (Å²) >= 11 is 0. The van der Waals surface area contributed by atoms with Crippen LogP contribution in [0.1, 0.15) is 13.8 Å². The van der Waals surface area contributed by atoms with Gasteiger partial charge in [0.05, 0.1) is 0 Å². The lowest BCUT2D eigenvalue weighted by molar-refractivity contribution is 0.476. The second-order valence-electron chi connectivity index (χ2n) is 2.53. The Morgan fingerprint density at radius 3 is 2.15 bits per heavy atom. The molecule has 0 unspecified atom stereocenters. The third kappa shape index (κ3) is 2.22. The first-order valence-electron chi connectivity index (χ1n) is 4.54. The minimum Gasteiger partial charge on any atom is -0.508 e. The molecule has 0 spiro atoms. The normalized spacial score (nSPS) is 9.08. The van der Waals surface area contributed by atoms with E-state index in [0.29, 0.717) is 5.75 Å². The van der Waals surface area contributed by atoms with Gasteiger partial charge in [-0.2, -0.15) is 0 Å². The minimum absolute atomic E-state index is 0.323. The van der Waals surface area contributed by atoms with Crippen LogP contribution in [0.5, 0.6) is 5.75 Å². The van der Waals surface area contributed by atoms with Crippen LogP contribution in [-0.2, 0) is 0 Å². The van der Waals surface area contributed by atoms with Crippen LogP contribution >= 0.6 is 0 Å². The summed E-state index contributed by atoms with van der Waals surface area (Å²) < 4.78 is 0. The molecule has 1 N–H and O–H groups in total. The molecular weight excluding hydrogens is 160 g/mol. The maximum atomic E-state index is 9.13. The molecule has 0 aliphatic heterocycles. The zero-order chi connectivity index (χ0) is 9.68. The van der Waals surface area contributed by atoms with E-state index in [1.807, 2.05) is 44.2 Å². The average Bonchev–Trinajstić information content (AvgIpc) is 2.21. The van der Waals surface area contributed by atoms with Crippen molar-refractivity contribution in [2.75, 3.05) is 0 Å². The predicted molar refractivity (Wildman–Crippen MR) is 57.0 cm³/mol. The summed E-state index contributed by atoms with van der Waals surface area (Å²) in [6.45, 7) is 4.00. The number of benzene rings is 2. The van der Waals surface area contributed by atoms with E-state index in [1.165, 1.54) is 0 Å². The Morgan fingerprint density at radius 1 is 0.846 bits per heavy atom. The zero-order valence-electron chi connectivity index (χ0n) is 7.99. The van der Waals surface area contributed by atoms with Gasteiger partial charge < -0.3 is 5.11 Å². The number of hydrogen-bond acceptors (Lipinski definition) is 1. The largest absolute Gasteiger partial charge is 0.508 e. The Bertz CT molecular complexity index is 380. The fourth-order valence-electron chi connectivity index (χ4n) is 1.18. The van der Waals surface area contributed by atoms with Crippen molar-refractivity contribution in [3.8, 4) is 5.75 Å². The average molecular weight is 174 g/mol. The molecule has 0 aliphatic rings. The minimum atomic E-state index is 0.323. The predicted octanol–water partition coefficient (Wildman–Crippen LogP) is 3.57. The molecule has 1 nitrogen and oxygen atoms in total. The van der Waals surface area contributed by atoms with Gasteiger partial charge in [0.15, 0.2) is 0 Å². The van der Waals surface area contributed by atoms with Crippen molar-refractivity contribution in [3.05, 3.63) is 42.5 Å². The van der Waals surface area contributed by atoms with Gasteiger partial charge in [-0.3, -0.25) is 0 Å². The smallest absolute Gasteiger partial charge is 0.116 e. The quantitative estimate of drug-likeness (QED) is 0.647. The lowest BCUT2D eigenvalue weighted by Crippen LogP contribution is -1.69. The Balaban J connectivity index is 0.000000396. The maximum Gasteiger partial charge on any atom is 0.116 e. The van der Waals surface area contributed by atoms with Crippen molar-refractivity contribution < 1.29 is 5.11 Å². The third-order valence-electron chi connectivity index (χ3n) is 1.73. The summed E-state index contributed by atoms with van der Waals surface area (Å²) in [5.74, 6) is 0.323. The van der Waals surface area contributed by atoms with Crippen LogP contribution in [0, 0.1) is 0 Å². The molecule has 0 saturated heterocycles. The Hall–Kier alpha value is -1.50. The Morgan fingerprint density at radius 2 is 1.46 bits per heavy atom. The van der Waals surface area contributed by atoms with Gasteiger partial charge in [0.2, 0.25) is 0 Å². The van der Waals surface area contributed by atoms with E-state index in [9.17, 15) is 0 Å². The molecule has 0 radical (unpaired) electrons. The van der Waals surface area contributed by atoms with Crippen LogP contribution in [0.25, 0.3) is 10.8 Å². The monoisotopic (exact) mass is 174 g/mol. The van der Waals surface area contributed by atoms with Crippen LogP contribution in [0.3, 0.4) is 0 Å². The van der Waals surface area contributed by atoms with Crippen LogP contribution < -0.4 is 0 Å². The zero-order valence-corrected chi connectivity index (χ0v) is 7.99. The lowest BCUT2D eigenvalue weighted by atomic mass is 10.1. The molecule has 0 aromatic heterocycles. The van der Waals surface area contributed by atoms with E-state index in [1.54, 1.807) is 12.1 Å². The molecule has 2 rings (SSSR count). The summed E-state index contributed by atoms with van der Waals surface area (Å²) in [6.07, 6.45) is 0. The van der Waals surface area contributed by atoms with Gasteiger partial charge in [-0.1, -0.05) is 44.2 Å². The van der Waals surface area contributed by atoms with Crippen molar-refractivity contribution in [1.82, 2.24) is 0 Å². The molecule has 2 aromatic rings. The van der Waals surface area contributed by atoms with Gasteiger partial charge in [-0.25, -0.2) is 0 Å². The molecule has 2 aromatic carbocycles. The van der Waals surface area contributed by atoms with Crippen LogP contribution in [0.4, 0.5) is 0 Å².